The smallest absolute Gasteiger partial charge is 0.0356 e. The molecule has 0 aromatic carbocycles. The zero-order valence-corrected chi connectivity index (χ0v) is 11.9. The zero-order valence-electron chi connectivity index (χ0n) is 11.9. The molecule has 1 heterocycles. The first-order valence-corrected chi connectivity index (χ1v) is 6.36. The van der Waals surface area contributed by atoms with E-state index in [4.69, 9.17) is 5.73 Å². The fourth-order valence-corrected chi connectivity index (χ4v) is 3.25. The topological polar surface area (TPSA) is 32.5 Å². The van der Waals surface area contributed by atoms with Crippen LogP contribution >= 0.6 is 0 Å². The van der Waals surface area contributed by atoms with Crippen molar-refractivity contribution in [1.82, 2.24) is 9.80 Å². The van der Waals surface area contributed by atoms with E-state index in [1.54, 1.807) is 0 Å². The van der Waals surface area contributed by atoms with E-state index < -0.39 is 0 Å². The predicted octanol–water partition coefficient (Wildman–Crippen LogP) is 1.53. The summed E-state index contributed by atoms with van der Waals surface area (Å²) in [7, 11) is 2.20. The van der Waals surface area contributed by atoms with Gasteiger partial charge in [-0.15, -0.1) is 0 Å². The summed E-state index contributed by atoms with van der Waals surface area (Å²) in [6.45, 7) is 14.6. The molecule has 2 N–H and O–H groups in total. The van der Waals surface area contributed by atoms with E-state index in [0.29, 0.717) is 6.04 Å². The Labute approximate surface area is 101 Å². The molecule has 1 saturated heterocycles. The molecule has 96 valence electrons. The molecule has 0 spiro atoms. The third-order valence-corrected chi connectivity index (χ3v) is 3.64. The molecule has 0 bridgehead atoms. The van der Waals surface area contributed by atoms with E-state index in [-0.39, 0.29) is 11.1 Å². The molecule has 1 aliphatic heterocycles. The fourth-order valence-electron chi connectivity index (χ4n) is 3.25. The van der Waals surface area contributed by atoms with Crippen molar-refractivity contribution >= 4 is 0 Å². The minimum absolute atomic E-state index is 0.179. The Morgan fingerprint density at radius 2 is 1.88 bits per heavy atom. The van der Waals surface area contributed by atoms with E-state index in [0.717, 1.165) is 19.6 Å². The van der Waals surface area contributed by atoms with Crippen LogP contribution in [0.4, 0.5) is 0 Å². The summed E-state index contributed by atoms with van der Waals surface area (Å²) < 4.78 is 0. The zero-order chi connectivity index (χ0) is 12.6. The molecule has 1 fully saturated rings. The van der Waals surface area contributed by atoms with Crippen molar-refractivity contribution in [2.75, 3.05) is 26.7 Å². The van der Waals surface area contributed by atoms with Crippen LogP contribution in [0.3, 0.4) is 0 Å². The van der Waals surface area contributed by atoms with Crippen LogP contribution in [0, 0.1) is 0 Å². The van der Waals surface area contributed by atoms with Gasteiger partial charge in [-0.2, -0.15) is 0 Å². The van der Waals surface area contributed by atoms with Crippen molar-refractivity contribution in [3.05, 3.63) is 0 Å². The van der Waals surface area contributed by atoms with Gasteiger partial charge in [-0.25, -0.2) is 0 Å². The summed E-state index contributed by atoms with van der Waals surface area (Å²) in [5.41, 5.74) is 6.38. The summed E-state index contributed by atoms with van der Waals surface area (Å²) in [6.07, 6.45) is 1.21. The molecule has 0 amide bonds. The van der Waals surface area contributed by atoms with Gasteiger partial charge in [0.2, 0.25) is 0 Å². The quantitative estimate of drug-likeness (QED) is 0.737. The number of hydrogen-bond donors (Lipinski definition) is 1. The van der Waals surface area contributed by atoms with Crippen molar-refractivity contribution in [3.8, 4) is 0 Å². The third-order valence-electron chi connectivity index (χ3n) is 3.64. The predicted molar refractivity (Wildman–Crippen MR) is 70.6 cm³/mol. The molecule has 0 aromatic heterocycles. The lowest BCUT2D eigenvalue weighted by atomic mass is 9.90. The van der Waals surface area contributed by atoms with Gasteiger partial charge in [0.25, 0.3) is 0 Å². The Balaban J connectivity index is 3.02. The van der Waals surface area contributed by atoms with E-state index in [1.165, 1.54) is 6.42 Å². The minimum atomic E-state index is 0.179. The first-order valence-electron chi connectivity index (χ1n) is 6.36. The molecule has 0 aliphatic carbocycles. The Hall–Kier alpha value is -0.120. The highest BCUT2D eigenvalue weighted by molar-refractivity contribution is 4.98. The highest BCUT2D eigenvalue weighted by Crippen LogP contribution is 2.32. The van der Waals surface area contributed by atoms with Crippen molar-refractivity contribution in [3.63, 3.8) is 0 Å². The fraction of sp³-hybridized carbons (Fsp3) is 1.00. The molecule has 3 heteroatoms. The molecular formula is C13H29N3. The lowest BCUT2D eigenvalue weighted by Crippen LogP contribution is -2.61. The number of rotatable bonds is 1. The Bertz CT molecular complexity index is 230. The van der Waals surface area contributed by atoms with Gasteiger partial charge in [-0.3, -0.25) is 4.90 Å². The molecule has 3 nitrogen and oxygen atoms in total. The van der Waals surface area contributed by atoms with E-state index >= 15 is 0 Å². The van der Waals surface area contributed by atoms with Crippen molar-refractivity contribution in [1.29, 1.82) is 0 Å². The first kappa shape index (κ1) is 13.9. The standard InChI is InChI=1S/C13H29N3/c1-12(2,3)16-11(9-14)10-15(6)8-7-13(16,4)5/h11H,7-10,14H2,1-6H3. The molecule has 0 aromatic rings. The molecule has 16 heavy (non-hydrogen) atoms. The van der Waals surface area contributed by atoms with Gasteiger partial charge in [0.1, 0.15) is 0 Å². The monoisotopic (exact) mass is 227 g/mol. The van der Waals surface area contributed by atoms with Crippen molar-refractivity contribution in [2.45, 2.75) is 58.2 Å². The normalized spacial score (nSPS) is 29.1. The molecule has 1 rings (SSSR count). The highest BCUT2D eigenvalue weighted by atomic mass is 15.3. The maximum absolute atomic E-state index is 5.97. The van der Waals surface area contributed by atoms with Gasteiger partial charge in [0.05, 0.1) is 0 Å². The maximum atomic E-state index is 5.97. The second kappa shape index (κ2) is 4.63. The van der Waals surface area contributed by atoms with Gasteiger partial charge in [0, 0.05) is 30.2 Å². The maximum Gasteiger partial charge on any atom is 0.0356 e. The summed E-state index contributed by atoms with van der Waals surface area (Å²) in [6, 6.07) is 0.461. The van der Waals surface area contributed by atoms with Crippen LogP contribution in [-0.4, -0.2) is 53.6 Å². The van der Waals surface area contributed by atoms with Gasteiger partial charge in [-0.1, -0.05) is 0 Å². The summed E-state index contributed by atoms with van der Waals surface area (Å²) in [5, 5.41) is 0. The summed E-state index contributed by atoms with van der Waals surface area (Å²) in [4.78, 5) is 5.02. The van der Waals surface area contributed by atoms with Gasteiger partial charge in [-0.05, 0) is 54.6 Å². The van der Waals surface area contributed by atoms with Crippen LogP contribution in [0.5, 0.6) is 0 Å². The molecule has 1 aliphatic rings. The molecule has 1 atom stereocenters. The van der Waals surface area contributed by atoms with Crippen LogP contribution in [0.15, 0.2) is 0 Å². The first-order chi connectivity index (χ1) is 7.18. The largest absolute Gasteiger partial charge is 0.329 e. The number of hydrogen-bond acceptors (Lipinski definition) is 3. The summed E-state index contributed by atoms with van der Waals surface area (Å²) >= 11 is 0. The SMILES string of the molecule is CN1CCC(C)(C)N(C(C)(C)C)C(CN)C1. The Morgan fingerprint density at radius 3 is 2.31 bits per heavy atom. The van der Waals surface area contributed by atoms with Crippen LogP contribution < -0.4 is 5.73 Å². The van der Waals surface area contributed by atoms with Crippen molar-refractivity contribution < 1.29 is 0 Å². The van der Waals surface area contributed by atoms with Crippen LogP contribution in [-0.2, 0) is 0 Å². The second-order valence-corrected chi connectivity index (χ2v) is 6.76. The van der Waals surface area contributed by atoms with Crippen molar-refractivity contribution in [2.24, 2.45) is 5.73 Å². The molecule has 0 saturated carbocycles. The highest BCUT2D eigenvalue weighted by Gasteiger charge is 2.41. The van der Waals surface area contributed by atoms with E-state index in [1.807, 2.05) is 0 Å². The number of nitrogens with two attached hydrogens (primary N) is 1. The van der Waals surface area contributed by atoms with Gasteiger partial charge in [0.15, 0.2) is 0 Å². The number of likely N-dealkylation sites (N-methyl/N-ethyl adjacent to an activating group) is 1. The van der Waals surface area contributed by atoms with Gasteiger partial charge < -0.3 is 10.6 Å². The molecule has 0 radical (unpaired) electrons. The van der Waals surface area contributed by atoms with E-state index in [2.05, 4.69) is 51.5 Å². The number of nitrogens with zero attached hydrogens (tertiary/aromatic N) is 2. The average molecular weight is 227 g/mol. The Morgan fingerprint density at radius 1 is 1.31 bits per heavy atom. The average Bonchev–Trinajstić information content (AvgIpc) is 2.21. The summed E-state index contributed by atoms with van der Waals surface area (Å²) in [5.74, 6) is 0. The van der Waals surface area contributed by atoms with Crippen LogP contribution in [0.25, 0.3) is 0 Å². The van der Waals surface area contributed by atoms with Crippen LogP contribution in [0.2, 0.25) is 0 Å². The van der Waals surface area contributed by atoms with E-state index in [9.17, 15) is 0 Å². The third kappa shape index (κ3) is 2.96. The molecular weight excluding hydrogens is 198 g/mol. The van der Waals surface area contributed by atoms with Crippen LogP contribution in [0.1, 0.15) is 41.0 Å². The molecule has 1 unspecified atom stereocenters. The Kier molecular flexibility index (Phi) is 4.04. The minimum Gasteiger partial charge on any atom is -0.329 e. The lowest BCUT2D eigenvalue weighted by Gasteiger charge is -2.50. The van der Waals surface area contributed by atoms with Gasteiger partial charge >= 0.3 is 0 Å². The lowest BCUT2D eigenvalue weighted by molar-refractivity contribution is -0.00626. The second-order valence-electron chi connectivity index (χ2n) is 6.76.